The van der Waals surface area contributed by atoms with Gasteiger partial charge in [0, 0.05) is 6.42 Å². The Bertz CT molecular complexity index is 988. The van der Waals surface area contributed by atoms with Gasteiger partial charge < -0.3 is 23.8 Å². The first-order chi connectivity index (χ1) is 13.5. The lowest BCUT2D eigenvalue weighted by atomic mass is 9.94. The van der Waals surface area contributed by atoms with Crippen molar-refractivity contribution in [1.82, 2.24) is 10.1 Å². The maximum Gasteiger partial charge on any atom is 0.341 e. The highest BCUT2D eigenvalue weighted by Gasteiger charge is 2.16. The summed E-state index contributed by atoms with van der Waals surface area (Å²) in [5.41, 5.74) is 2.43. The van der Waals surface area contributed by atoms with E-state index in [0.717, 1.165) is 11.0 Å². The zero-order chi connectivity index (χ0) is 20.1. The van der Waals surface area contributed by atoms with Crippen LogP contribution in [0.15, 0.2) is 40.9 Å². The Morgan fingerprint density at radius 2 is 1.86 bits per heavy atom. The summed E-state index contributed by atoms with van der Waals surface area (Å²) in [4.78, 5) is 15.2. The molecule has 1 aromatic heterocycles. The Balaban J connectivity index is 1.84. The molecular weight excluding hydrogens is 363 g/mol. The summed E-state index contributed by atoms with van der Waals surface area (Å²) in [5.74, 6) is 1.31. The molecule has 0 amide bonds. The quantitative estimate of drug-likeness (QED) is 0.577. The van der Waals surface area contributed by atoms with Crippen molar-refractivity contribution in [3.8, 4) is 28.7 Å². The minimum Gasteiger partial charge on any atom is -0.493 e. The van der Waals surface area contributed by atoms with Crippen LogP contribution in [0.1, 0.15) is 11.4 Å². The molecule has 3 rings (SSSR count). The number of hydrogen-bond acceptors (Lipinski definition) is 7. The van der Waals surface area contributed by atoms with Gasteiger partial charge >= 0.3 is 5.97 Å². The average Bonchev–Trinajstić information content (AvgIpc) is 3.15. The van der Waals surface area contributed by atoms with Gasteiger partial charge in [-0.2, -0.15) is 4.98 Å². The number of ether oxygens (including phenoxy) is 3. The molecule has 8 nitrogen and oxygen atoms in total. The summed E-state index contributed by atoms with van der Waals surface area (Å²) in [5, 5.41) is 12.9. The molecule has 28 heavy (non-hydrogen) atoms. The molecule has 0 bridgehead atoms. The molecule has 0 fully saturated rings. The van der Waals surface area contributed by atoms with E-state index in [-0.39, 0.29) is 5.89 Å². The lowest BCUT2D eigenvalue weighted by Gasteiger charge is -2.08. The van der Waals surface area contributed by atoms with Crippen molar-refractivity contribution in [2.24, 2.45) is 0 Å². The topological polar surface area (TPSA) is 104 Å². The monoisotopic (exact) mass is 382 g/mol. The molecule has 144 valence electrons. The molecule has 0 unspecified atom stereocenters. The van der Waals surface area contributed by atoms with Gasteiger partial charge in [0.2, 0.25) is 0 Å². The summed E-state index contributed by atoms with van der Waals surface area (Å²) >= 11 is 0. The first-order valence-corrected chi connectivity index (χ1v) is 8.49. The highest BCUT2D eigenvalue weighted by atomic mass is 16.5. The lowest BCUT2D eigenvalue weighted by molar-refractivity contribution is -0.139. The highest BCUT2D eigenvalue weighted by Crippen LogP contribution is 2.30. The summed E-state index contributed by atoms with van der Waals surface area (Å²) in [6.45, 7) is -0.456. The van der Waals surface area contributed by atoms with E-state index in [1.54, 1.807) is 20.3 Å². The van der Waals surface area contributed by atoms with Gasteiger partial charge in [-0.25, -0.2) is 4.79 Å². The summed E-state index contributed by atoms with van der Waals surface area (Å²) in [7, 11) is 5.06. The van der Waals surface area contributed by atoms with E-state index in [1.807, 2.05) is 38.2 Å². The molecule has 0 radical (unpaired) electrons. The molecule has 0 aliphatic carbocycles. The van der Waals surface area contributed by atoms with Crippen LogP contribution < -0.4 is 19.7 Å². The smallest absolute Gasteiger partial charge is 0.341 e. The largest absolute Gasteiger partial charge is 0.493 e. The van der Waals surface area contributed by atoms with Gasteiger partial charge in [-0.3, -0.25) is 0 Å². The molecule has 0 saturated heterocycles. The number of benzene rings is 2. The van der Waals surface area contributed by atoms with Crippen LogP contribution in [0.5, 0.6) is 17.2 Å². The average molecular weight is 382 g/mol. The van der Waals surface area contributed by atoms with Crippen LogP contribution in [0.4, 0.5) is 0 Å². The van der Waals surface area contributed by atoms with Crippen LogP contribution in [-0.4, -0.2) is 49.9 Å². The number of aliphatic carboxylic acids is 1. The van der Waals surface area contributed by atoms with Crippen molar-refractivity contribution in [2.45, 2.75) is 6.42 Å². The number of aromatic nitrogens is 2. The molecule has 3 aromatic rings. The number of hydrogen-bond donors (Lipinski definition) is 1. The summed E-state index contributed by atoms with van der Waals surface area (Å²) in [6, 6.07) is 10.9. The number of carboxylic acid groups (broad SMARTS) is 1. The third kappa shape index (κ3) is 4.43. The third-order valence-corrected chi connectivity index (χ3v) is 3.99. The van der Waals surface area contributed by atoms with Crippen LogP contribution in [0.3, 0.4) is 0 Å². The van der Waals surface area contributed by atoms with Gasteiger partial charge in [0.25, 0.3) is 5.89 Å². The Morgan fingerprint density at radius 1 is 1.11 bits per heavy atom. The first-order valence-electron chi connectivity index (χ1n) is 8.49. The van der Waals surface area contributed by atoms with Crippen molar-refractivity contribution in [1.29, 1.82) is 0 Å². The molecule has 0 spiro atoms. The van der Waals surface area contributed by atoms with Crippen LogP contribution in [0.2, 0.25) is 0 Å². The van der Waals surface area contributed by atoms with Gasteiger partial charge in [-0.1, -0.05) is 28.8 Å². The number of nitrogens with zero attached hydrogens (tertiary/aromatic N) is 2. The predicted molar refractivity (Wildman–Crippen MR) is 103 cm³/mol. The minimum atomic E-state index is -1.06. The third-order valence-electron chi connectivity index (χ3n) is 3.99. The molecule has 1 N–H and O–H groups in total. The van der Waals surface area contributed by atoms with E-state index >= 15 is 0 Å². The normalized spacial score (nSPS) is 10.5. The standard InChI is InChI=1S/C19H19BN2O6/c1-25-15-5-3-11(7-16(15)26-2)8-17-21-19(28-22-17)13-9-12(20)4-6-14(13)27-10-18(23)24/h3-7,9H,8,10,20H2,1-2H3,(H,23,24). The molecule has 9 heteroatoms. The van der Waals surface area contributed by atoms with E-state index in [2.05, 4.69) is 10.1 Å². The highest BCUT2D eigenvalue weighted by molar-refractivity contribution is 6.32. The van der Waals surface area contributed by atoms with Gasteiger partial charge in [-0.05, 0) is 23.8 Å². The van der Waals surface area contributed by atoms with Crippen molar-refractivity contribution < 1.29 is 28.6 Å². The molecule has 0 saturated carbocycles. The Kier molecular flexibility index (Phi) is 5.83. The van der Waals surface area contributed by atoms with Crippen LogP contribution in [0, 0.1) is 0 Å². The van der Waals surface area contributed by atoms with E-state index < -0.39 is 12.6 Å². The Labute approximate surface area is 162 Å². The van der Waals surface area contributed by atoms with E-state index in [0.29, 0.717) is 35.1 Å². The zero-order valence-corrected chi connectivity index (χ0v) is 15.8. The fourth-order valence-corrected chi connectivity index (χ4v) is 2.68. The number of carbonyl (C=O) groups is 1. The molecule has 0 aliphatic rings. The van der Waals surface area contributed by atoms with Gasteiger partial charge in [0.05, 0.1) is 19.8 Å². The number of rotatable bonds is 8. The fourth-order valence-electron chi connectivity index (χ4n) is 2.68. The van der Waals surface area contributed by atoms with Gasteiger partial charge in [-0.15, -0.1) is 0 Å². The van der Waals surface area contributed by atoms with Crippen molar-refractivity contribution >= 4 is 19.3 Å². The Morgan fingerprint density at radius 3 is 2.57 bits per heavy atom. The van der Waals surface area contributed by atoms with E-state index in [9.17, 15) is 4.79 Å². The SMILES string of the molecule is Bc1ccc(OCC(=O)O)c(-c2nc(Cc3ccc(OC)c(OC)c3)no2)c1. The lowest BCUT2D eigenvalue weighted by Crippen LogP contribution is -2.11. The molecule has 2 aromatic carbocycles. The van der Waals surface area contributed by atoms with Gasteiger partial charge in [0.15, 0.2) is 23.9 Å². The van der Waals surface area contributed by atoms with Gasteiger partial charge in [0.1, 0.15) is 13.6 Å². The minimum absolute atomic E-state index is 0.263. The maximum atomic E-state index is 10.8. The summed E-state index contributed by atoms with van der Waals surface area (Å²) in [6.07, 6.45) is 0.432. The summed E-state index contributed by atoms with van der Waals surface area (Å²) < 4.78 is 21.3. The first kappa shape index (κ1) is 19.3. The fraction of sp³-hybridized carbons (Fsp3) is 0.211. The second-order valence-electron chi connectivity index (χ2n) is 6.06. The number of carboxylic acids is 1. The predicted octanol–water partition coefficient (Wildman–Crippen LogP) is 1.07. The maximum absolute atomic E-state index is 10.8. The van der Waals surface area contributed by atoms with Crippen LogP contribution >= 0.6 is 0 Å². The molecule has 0 aliphatic heterocycles. The second-order valence-corrected chi connectivity index (χ2v) is 6.06. The number of methoxy groups -OCH3 is 2. The van der Waals surface area contributed by atoms with Crippen LogP contribution in [-0.2, 0) is 11.2 Å². The van der Waals surface area contributed by atoms with Crippen molar-refractivity contribution in [3.05, 3.63) is 47.8 Å². The molecule has 1 heterocycles. The van der Waals surface area contributed by atoms with Crippen molar-refractivity contribution in [2.75, 3.05) is 20.8 Å². The zero-order valence-electron chi connectivity index (χ0n) is 15.8. The van der Waals surface area contributed by atoms with E-state index in [4.69, 9.17) is 23.8 Å². The Hall–Kier alpha value is -3.49. The van der Waals surface area contributed by atoms with E-state index in [1.165, 1.54) is 0 Å². The second kappa shape index (κ2) is 8.47. The molecular formula is C19H19BN2O6. The van der Waals surface area contributed by atoms with Crippen molar-refractivity contribution in [3.63, 3.8) is 0 Å². The molecule has 0 atom stereocenters. The van der Waals surface area contributed by atoms with Crippen LogP contribution in [0.25, 0.3) is 11.5 Å².